The van der Waals surface area contributed by atoms with Crippen LogP contribution in [0.1, 0.15) is 42.9 Å². The van der Waals surface area contributed by atoms with Crippen molar-refractivity contribution < 1.29 is 9.59 Å². The van der Waals surface area contributed by atoms with Gasteiger partial charge in [-0.05, 0) is 35.6 Å². The molecule has 0 radical (unpaired) electrons. The average molecular weight is 349 g/mol. The number of amides is 2. The zero-order valence-corrected chi connectivity index (χ0v) is 15.4. The van der Waals surface area contributed by atoms with Gasteiger partial charge in [-0.25, -0.2) is 0 Å². The Hall–Kier alpha value is -2.82. The summed E-state index contributed by atoms with van der Waals surface area (Å²) in [7, 11) is 1.53. The maximum Gasteiger partial charge on any atom is 0.237 e. The normalized spacial score (nSPS) is 17.5. The Labute approximate surface area is 153 Å². The molecule has 1 atom stereocenters. The van der Waals surface area contributed by atoms with Crippen LogP contribution in [-0.4, -0.2) is 23.8 Å². The molecule has 1 fully saturated rings. The second-order valence-electron chi connectivity index (χ2n) is 6.44. The number of nitrogens with zero attached hydrogens (tertiary/aromatic N) is 3. The predicted octanol–water partition coefficient (Wildman–Crippen LogP) is 4.70. The fraction of sp³-hybridized carbons (Fsp3) is 0.333. The monoisotopic (exact) mass is 349 g/mol. The molecule has 0 aromatic heterocycles. The molecule has 0 saturated carbocycles. The number of benzene rings is 2. The molecule has 1 heterocycles. The summed E-state index contributed by atoms with van der Waals surface area (Å²) in [6.45, 7) is 4.13. The third kappa shape index (κ3) is 3.29. The van der Waals surface area contributed by atoms with Crippen LogP contribution < -0.4 is 0 Å². The summed E-state index contributed by atoms with van der Waals surface area (Å²) in [6, 6.07) is 13.7. The van der Waals surface area contributed by atoms with Crippen molar-refractivity contribution >= 4 is 23.2 Å². The molecule has 1 unspecified atom stereocenters. The van der Waals surface area contributed by atoms with Gasteiger partial charge in [0, 0.05) is 13.5 Å². The molecule has 0 aliphatic carbocycles. The van der Waals surface area contributed by atoms with Gasteiger partial charge in [-0.15, -0.1) is 5.11 Å². The maximum atomic E-state index is 12.5. The van der Waals surface area contributed by atoms with Crippen LogP contribution in [0.2, 0.25) is 0 Å². The Morgan fingerprint density at radius 2 is 1.65 bits per heavy atom. The number of aryl methyl sites for hydroxylation is 2. The number of rotatable bonds is 5. The van der Waals surface area contributed by atoms with Gasteiger partial charge in [0.15, 0.2) is 0 Å². The number of hydrogen-bond acceptors (Lipinski definition) is 4. The molecule has 5 nitrogen and oxygen atoms in total. The van der Waals surface area contributed by atoms with Crippen LogP contribution in [0.4, 0.5) is 11.4 Å². The van der Waals surface area contributed by atoms with Gasteiger partial charge in [0.1, 0.15) is 0 Å². The molecule has 2 aromatic rings. The molecule has 26 heavy (non-hydrogen) atoms. The summed E-state index contributed by atoms with van der Waals surface area (Å²) < 4.78 is 0. The molecule has 0 bridgehead atoms. The van der Waals surface area contributed by atoms with Crippen LogP contribution in [-0.2, 0) is 22.4 Å². The van der Waals surface area contributed by atoms with E-state index >= 15 is 0 Å². The number of carbonyl (C=O) groups excluding carboxylic acids is 2. The molecule has 2 amide bonds. The van der Waals surface area contributed by atoms with Gasteiger partial charge in [0.05, 0.1) is 17.3 Å². The highest BCUT2D eigenvalue weighted by Crippen LogP contribution is 2.38. The number of imide groups is 1. The van der Waals surface area contributed by atoms with Crippen molar-refractivity contribution in [1.29, 1.82) is 0 Å². The van der Waals surface area contributed by atoms with E-state index in [4.69, 9.17) is 0 Å². The highest BCUT2D eigenvalue weighted by molar-refractivity contribution is 6.06. The largest absolute Gasteiger partial charge is 0.285 e. The number of hydrogen-bond donors (Lipinski definition) is 0. The number of azo groups is 1. The van der Waals surface area contributed by atoms with E-state index in [9.17, 15) is 9.59 Å². The van der Waals surface area contributed by atoms with Gasteiger partial charge >= 0.3 is 0 Å². The zero-order chi connectivity index (χ0) is 18.7. The Bertz CT molecular complexity index is 873. The molecule has 5 heteroatoms. The van der Waals surface area contributed by atoms with Crippen molar-refractivity contribution in [3.05, 3.63) is 59.2 Å². The van der Waals surface area contributed by atoms with Crippen molar-refractivity contribution in [2.75, 3.05) is 7.05 Å². The summed E-state index contributed by atoms with van der Waals surface area (Å²) in [5.41, 5.74) is 4.47. The first-order valence-corrected chi connectivity index (χ1v) is 8.98. The van der Waals surface area contributed by atoms with Gasteiger partial charge in [0.25, 0.3) is 0 Å². The van der Waals surface area contributed by atoms with Crippen molar-refractivity contribution in [2.45, 2.75) is 39.0 Å². The number of likely N-dealkylation sites (tertiary alicyclic amines) is 1. The topological polar surface area (TPSA) is 62.1 Å². The first-order valence-electron chi connectivity index (χ1n) is 8.98. The molecule has 134 valence electrons. The predicted molar refractivity (Wildman–Crippen MR) is 101 cm³/mol. The van der Waals surface area contributed by atoms with E-state index in [0.717, 1.165) is 35.2 Å². The third-order valence-electron chi connectivity index (χ3n) is 4.92. The minimum Gasteiger partial charge on any atom is -0.285 e. The van der Waals surface area contributed by atoms with Gasteiger partial charge in [0.2, 0.25) is 11.8 Å². The number of carbonyl (C=O) groups is 2. The van der Waals surface area contributed by atoms with Crippen molar-refractivity contribution in [3.8, 4) is 0 Å². The van der Waals surface area contributed by atoms with E-state index < -0.39 is 5.92 Å². The van der Waals surface area contributed by atoms with Gasteiger partial charge in [-0.2, -0.15) is 5.11 Å². The molecule has 0 N–H and O–H groups in total. The lowest BCUT2D eigenvalue weighted by atomic mass is 9.93. The second kappa shape index (κ2) is 7.60. The minimum absolute atomic E-state index is 0.152. The van der Waals surface area contributed by atoms with Crippen LogP contribution in [0.15, 0.2) is 52.7 Å². The first kappa shape index (κ1) is 18.0. The van der Waals surface area contributed by atoms with E-state index in [1.807, 2.05) is 49.4 Å². The van der Waals surface area contributed by atoms with Gasteiger partial charge in [-0.3, -0.25) is 14.5 Å². The van der Waals surface area contributed by atoms with Crippen LogP contribution in [0, 0.1) is 0 Å². The lowest BCUT2D eigenvalue weighted by molar-refractivity contribution is -0.137. The molecule has 0 spiro atoms. The summed E-state index contributed by atoms with van der Waals surface area (Å²) >= 11 is 0. The fourth-order valence-electron chi connectivity index (χ4n) is 3.31. The second-order valence-corrected chi connectivity index (χ2v) is 6.44. The summed E-state index contributed by atoms with van der Waals surface area (Å²) in [6.07, 6.45) is 1.84. The molecule has 1 aliphatic heterocycles. The summed E-state index contributed by atoms with van der Waals surface area (Å²) in [5.74, 6) is -0.802. The zero-order valence-electron chi connectivity index (χ0n) is 15.4. The van der Waals surface area contributed by atoms with Crippen LogP contribution >= 0.6 is 0 Å². The summed E-state index contributed by atoms with van der Waals surface area (Å²) in [5, 5.41) is 8.99. The Kier molecular flexibility index (Phi) is 5.26. The lowest BCUT2D eigenvalue weighted by Crippen LogP contribution is -2.25. The molecule has 1 aliphatic rings. The quantitative estimate of drug-likeness (QED) is 0.580. The van der Waals surface area contributed by atoms with E-state index in [0.29, 0.717) is 5.69 Å². The van der Waals surface area contributed by atoms with E-state index in [1.54, 1.807) is 0 Å². The third-order valence-corrected chi connectivity index (χ3v) is 4.92. The van der Waals surface area contributed by atoms with Gasteiger partial charge < -0.3 is 0 Å². The average Bonchev–Trinajstić information content (AvgIpc) is 2.93. The first-order chi connectivity index (χ1) is 12.6. The van der Waals surface area contributed by atoms with Gasteiger partial charge in [-0.1, -0.05) is 50.2 Å². The van der Waals surface area contributed by atoms with E-state index in [-0.39, 0.29) is 18.2 Å². The maximum absolute atomic E-state index is 12.5. The Balaban J connectivity index is 2.05. The Morgan fingerprint density at radius 1 is 0.962 bits per heavy atom. The number of likely N-dealkylation sites (N-methyl/N-ethyl adjacent to an activating group) is 1. The Morgan fingerprint density at radius 3 is 2.31 bits per heavy atom. The molecular weight excluding hydrogens is 326 g/mol. The van der Waals surface area contributed by atoms with Crippen LogP contribution in [0.3, 0.4) is 0 Å². The van der Waals surface area contributed by atoms with E-state index in [2.05, 4.69) is 17.2 Å². The lowest BCUT2D eigenvalue weighted by Gasteiger charge is -2.14. The summed E-state index contributed by atoms with van der Waals surface area (Å²) in [4.78, 5) is 25.6. The van der Waals surface area contributed by atoms with Crippen molar-refractivity contribution in [1.82, 2.24) is 4.90 Å². The molecule has 1 saturated heterocycles. The SMILES string of the molecule is CCc1ccccc1N=Nc1c(CC)cccc1C1CC(=O)N(C)C1=O. The van der Waals surface area contributed by atoms with Crippen molar-refractivity contribution in [2.24, 2.45) is 10.2 Å². The molecule has 3 rings (SSSR count). The van der Waals surface area contributed by atoms with Crippen LogP contribution in [0.25, 0.3) is 0 Å². The highest BCUT2D eigenvalue weighted by Gasteiger charge is 2.38. The van der Waals surface area contributed by atoms with Crippen molar-refractivity contribution in [3.63, 3.8) is 0 Å². The smallest absolute Gasteiger partial charge is 0.237 e. The molecular formula is C21H23N3O2. The van der Waals surface area contributed by atoms with Crippen LogP contribution in [0.5, 0.6) is 0 Å². The fourth-order valence-corrected chi connectivity index (χ4v) is 3.31. The minimum atomic E-state index is -0.477. The standard InChI is InChI=1S/C21H23N3O2/c1-4-14-9-6-7-12-18(14)22-23-20-15(5-2)10-8-11-16(20)17-13-19(25)24(3)21(17)26/h6-12,17H,4-5,13H2,1-3H3. The van der Waals surface area contributed by atoms with E-state index in [1.165, 1.54) is 11.9 Å². The highest BCUT2D eigenvalue weighted by atomic mass is 16.2. The molecule has 2 aromatic carbocycles.